The second kappa shape index (κ2) is 8.41. The molecule has 4 nitrogen and oxygen atoms in total. The van der Waals surface area contributed by atoms with Crippen LogP contribution in [0.15, 0.2) is 11.6 Å². The van der Waals surface area contributed by atoms with Crippen molar-refractivity contribution >= 4 is 5.97 Å². The van der Waals surface area contributed by atoms with Crippen molar-refractivity contribution in [1.29, 1.82) is 0 Å². The molecule has 0 amide bonds. The Morgan fingerprint density at radius 3 is 2.53 bits per heavy atom. The second-order valence-corrected chi connectivity index (χ2v) is 12.7. The van der Waals surface area contributed by atoms with E-state index in [9.17, 15) is 15.0 Å². The highest BCUT2D eigenvalue weighted by Gasteiger charge is 2.66. The maximum Gasteiger partial charge on any atom is 0.305 e. The lowest BCUT2D eigenvalue weighted by Gasteiger charge is -2.62. The van der Waals surface area contributed by atoms with Crippen molar-refractivity contribution in [3.8, 4) is 0 Å². The smallest absolute Gasteiger partial charge is 0.305 e. The van der Waals surface area contributed by atoms with Gasteiger partial charge in [-0.3, -0.25) is 4.79 Å². The van der Waals surface area contributed by atoms with Crippen LogP contribution in [0.25, 0.3) is 0 Å². The lowest BCUT2D eigenvalue weighted by Crippen LogP contribution is -2.63. The molecule has 3 saturated carbocycles. The maximum absolute atomic E-state index is 12.0. The molecule has 3 fully saturated rings. The number of aliphatic hydroxyl groups excluding tert-OH is 1. The average molecular weight is 447 g/mol. The maximum atomic E-state index is 12.0. The zero-order chi connectivity index (χ0) is 23.5. The fourth-order valence-corrected chi connectivity index (χ4v) is 8.91. The highest BCUT2D eigenvalue weighted by Crippen LogP contribution is 2.68. The standard InChI is InChI=1S/C28H46O4/c1-17(2)7-8-18(3)23-11-12-24-22-10-9-20-15-21(30)16-28(31,32-19(4)29)27(20,6)25(22)13-14-26(23,24)5/h9,17-18,21-25,30-31H,7-8,10-16H2,1-6H3. The summed E-state index contributed by atoms with van der Waals surface area (Å²) in [4.78, 5) is 12.0. The number of carbonyl (C=O) groups is 1. The molecule has 4 heteroatoms. The highest BCUT2D eigenvalue weighted by molar-refractivity contribution is 5.66. The van der Waals surface area contributed by atoms with Crippen LogP contribution in [0.1, 0.15) is 99.3 Å². The molecule has 182 valence electrons. The Morgan fingerprint density at radius 1 is 1.16 bits per heavy atom. The van der Waals surface area contributed by atoms with Gasteiger partial charge in [0.15, 0.2) is 0 Å². The predicted molar refractivity (Wildman–Crippen MR) is 127 cm³/mol. The predicted octanol–water partition coefficient (Wildman–Crippen LogP) is 5.86. The molecule has 32 heavy (non-hydrogen) atoms. The van der Waals surface area contributed by atoms with Gasteiger partial charge in [-0.25, -0.2) is 0 Å². The summed E-state index contributed by atoms with van der Waals surface area (Å²) in [7, 11) is 0. The number of hydrogen-bond acceptors (Lipinski definition) is 4. The Labute approximate surface area is 195 Å². The van der Waals surface area contributed by atoms with Gasteiger partial charge in [-0.05, 0) is 86.4 Å². The summed E-state index contributed by atoms with van der Waals surface area (Å²) in [5.74, 6) is 1.69. The number of carbonyl (C=O) groups excluding carboxylic acids is 1. The number of ether oxygens (including phenoxy) is 1. The van der Waals surface area contributed by atoms with Crippen molar-refractivity contribution in [3.05, 3.63) is 11.6 Å². The van der Waals surface area contributed by atoms with Crippen molar-refractivity contribution in [2.75, 3.05) is 0 Å². The highest BCUT2D eigenvalue weighted by atomic mass is 16.7. The largest absolute Gasteiger partial charge is 0.432 e. The van der Waals surface area contributed by atoms with Crippen LogP contribution in [-0.2, 0) is 9.53 Å². The van der Waals surface area contributed by atoms with Crippen LogP contribution in [0.3, 0.4) is 0 Å². The minimum absolute atomic E-state index is 0.112. The van der Waals surface area contributed by atoms with E-state index in [2.05, 4.69) is 40.7 Å². The van der Waals surface area contributed by atoms with Crippen LogP contribution < -0.4 is 0 Å². The Kier molecular flexibility index (Phi) is 6.38. The van der Waals surface area contributed by atoms with Gasteiger partial charge in [0.1, 0.15) is 0 Å². The lowest BCUT2D eigenvalue weighted by atomic mass is 9.45. The Bertz CT molecular complexity index is 759. The average Bonchev–Trinajstić information content (AvgIpc) is 3.04. The molecule has 0 spiro atoms. The molecule has 0 aromatic carbocycles. The van der Waals surface area contributed by atoms with Gasteiger partial charge in [-0.2, -0.15) is 0 Å². The summed E-state index contributed by atoms with van der Waals surface area (Å²) in [5.41, 5.74) is 0.862. The van der Waals surface area contributed by atoms with Crippen LogP contribution in [0, 0.1) is 46.3 Å². The first-order valence-electron chi connectivity index (χ1n) is 13.2. The van der Waals surface area contributed by atoms with E-state index in [1.807, 2.05) is 0 Å². The molecule has 4 rings (SSSR count). The second-order valence-electron chi connectivity index (χ2n) is 12.7. The molecular formula is C28H46O4. The number of aliphatic hydroxyl groups is 2. The van der Waals surface area contributed by atoms with Crippen molar-refractivity contribution in [2.45, 2.75) is 111 Å². The third-order valence-corrected chi connectivity index (χ3v) is 10.5. The first kappa shape index (κ1) is 24.3. The molecular weight excluding hydrogens is 400 g/mol. The van der Waals surface area contributed by atoms with E-state index in [-0.39, 0.29) is 6.42 Å². The van der Waals surface area contributed by atoms with Crippen molar-refractivity contribution in [1.82, 2.24) is 0 Å². The van der Waals surface area contributed by atoms with Gasteiger partial charge in [0.25, 0.3) is 0 Å². The van der Waals surface area contributed by atoms with Gasteiger partial charge >= 0.3 is 5.97 Å². The number of fused-ring (bicyclic) bond motifs is 5. The minimum Gasteiger partial charge on any atom is -0.432 e. The van der Waals surface area contributed by atoms with Crippen LogP contribution in [0.2, 0.25) is 0 Å². The normalized spacial score (nSPS) is 46.7. The molecule has 0 aromatic heterocycles. The van der Waals surface area contributed by atoms with Crippen molar-refractivity contribution < 1.29 is 19.7 Å². The van der Waals surface area contributed by atoms with Gasteiger partial charge in [0, 0.05) is 13.3 Å². The molecule has 0 radical (unpaired) electrons. The van der Waals surface area contributed by atoms with E-state index in [4.69, 9.17) is 4.74 Å². The number of esters is 1. The Morgan fingerprint density at radius 2 is 1.88 bits per heavy atom. The molecule has 4 aliphatic carbocycles. The molecule has 9 atom stereocenters. The molecule has 0 aromatic rings. The van der Waals surface area contributed by atoms with Gasteiger partial charge in [0.2, 0.25) is 5.79 Å². The van der Waals surface area contributed by atoms with Gasteiger partial charge in [-0.15, -0.1) is 0 Å². The van der Waals surface area contributed by atoms with E-state index in [0.29, 0.717) is 29.6 Å². The molecule has 2 N–H and O–H groups in total. The van der Waals surface area contributed by atoms with Crippen LogP contribution in [0.4, 0.5) is 0 Å². The first-order valence-corrected chi connectivity index (χ1v) is 13.2. The first-order chi connectivity index (χ1) is 14.9. The topological polar surface area (TPSA) is 66.8 Å². The molecule has 4 aliphatic rings. The summed E-state index contributed by atoms with van der Waals surface area (Å²) in [6.07, 6.45) is 10.9. The van der Waals surface area contributed by atoms with E-state index in [1.54, 1.807) is 0 Å². The van der Waals surface area contributed by atoms with Gasteiger partial charge in [-0.1, -0.05) is 52.2 Å². The minimum atomic E-state index is -1.62. The van der Waals surface area contributed by atoms with Crippen molar-refractivity contribution in [3.63, 3.8) is 0 Å². The van der Waals surface area contributed by atoms with E-state index in [0.717, 1.165) is 36.2 Å². The zero-order valence-electron chi connectivity index (χ0n) is 21.2. The molecule has 0 bridgehead atoms. The van der Waals surface area contributed by atoms with Crippen LogP contribution >= 0.6 is 0 Å². The fourth-order valence-electron chi connectivity index (χ4n) is 8.91. The summed E-state index contributed by atoms with van der Waals surface area (Å²) in [6, 6.07) is 0. The lowest BCUT2D eigenvalue weighted by molar-refractivity contribution is -0.290. The summed E-state index contributed by atoms with van der Waals surface area (Å²) in [6.45, 7) is 13.2. The Hall–Kier alpha value is -0.870. The van der Waals surface area contributed by atoms with Crippen LogP contribution in [0.5, 0.6) is 0 Å². The molecule has 0 aliphatic heterocycles. The number of hydrogen-bond donors (Lipinski definition) is 2. The van der Waals surface area contributed by atoms with E-state index >= 15 is 0 Å². The third-order valence-electron chi connectivity index (χ3n) is 10.5. The number of rotatable bonds is 5. The van der Waals surface area contributed by atoms with Crippen LogP contribution in [-0.4, -0.2) is 28.1 Å². The molecule has 9 unspecified atom stereocenters. The monoisotopic (exact) mass is 446 g/mol. The fraction of sp³-hybridized carbons (Fsp3) is 0.893. The van der Waals surface area contributed by atoms with E-state index in [1.165, 1.54) is 39.0 Å². The molecule has 0 saturated heterocycles. The zero-order valence-corrected chi connectivity index (χ0v) is 21.2. The number of allylic oxidation sites excluding steroid dienone is 1. The summed E-state index contributed by atoms with van der Waals surface area (Å²) >= 11 is 0. The SMILES string of the molecule is CC(=O)OC1(O)CC(O)CC2=CCC3C4CCC(C(C)CCC(C)C)C4(C)CCC3C21C. The summed E-state index contributed by atoms with van der Waals surface area (Å²) in [5, 5.41) is 22.2. The van der Waals surface area contributed by atoms with Crippen molar-refractivity contribution in [2.24, 2.45) is 46.3 Å². The van der Waals surface area contributed by atoms with Gasteiger partial charge in [0.05, 0.1) is 11.5 Å². The quantitative estimate of drug-likeness (QED) is 0.315. The Balaban J connectivity index is 1.63. The third kappa shape index (κ3) is 3.68. The van der Waals surface area contributed by atoms with E-state index < -0.39 is 23.3 Å². The summed E-state index contributed by atoms with van der Waals surface area (Å²) < 4.78 is 5.64. The van der Waals surface area contributed by atoms with Gasteiger partial charge < -0.3 is 14.9 Å². The molecule has 0 heterocycles.